The number of aryl methyl sites for hydroxylation is 1. The summed E-state index contributed by atoms with van der Waals surface area (Å²) in [7, 11) is 0. The Morgan fingerprint density at radius 3 is 2.60 bits per heavy atom. The number of nitrogens with two attached hydrogens (primary N) is 1. The summed E-state index contributed by atoms with van der Waals surface area (Å²) in [6, 6.07) is 3.77. The maximum absolute atomic E-state index is 13.9. The first-order chi connectivity index (χ1) is 12.0. The van der Waals surface area contributed by atoms with Gasteiger partial charge in [-0.1, -0.05) is 6.07 Å². The Balaban J connectivity index is 1.69. The number of likely N-dealkylation sites (tertiary alicyclic amines) is 1. The van der Waals surface area contributed by atoms with Gasteiger partial charge in [0, 0.05) is 37.2 Å². The third-order valence-corrected chi connectivity index (χ3v) is 4.91. The van der Waals surface area contributed by atoms with Crippen molar-refractivity contribution in [3.8, 4) is 0 Å². The van der Waals surface area contributed by atoms with Crippen molar-refractivity contribution in [2.24, 2.45) is 5.73 Å². The topological polar surface area (TPSA) is 72.1 Å². The smallest absolute Gasteiger partial charge is 0.238 e. The second-order valence-corrected chi connectivity index (χ2v) is 6.32. The number of benzene rings is 1. The zero-order chi connectivity index (χ0) is 17.9. The van der Waals surface area contributed by atoms with Crippen LogP contribution >= 0.6 is 0 Å². The highest BCUT2D eigenvalue weighted by molar-refractivity contribution is 5.85. The average molecular weight is 346 g/mol. The van der Waals surface area contributed by atoms with E-state index in [-0.39, 0.29) is 12.1 Å². The average Bonchev–Trinajstić information content (AvgIpc) is 2.58. The van der Waals surface area contributed by atoms with Gasteiger partial charge < -0.3 is 5.73 Å². The molecule has 1 unspecified atom stereocenters. The van der Waals surface area contributed by atoms with Gasteiger partial charge in [-0.05, 0) is 37.8 Å². The SMILES string of the molecule is NC(=O)C1(CCCc2cnccn2)CCN1Cc1c(F)cccc1F. The monoisotopic (exact) mass is 346 g/mol. The van der Waals surface area contributed by atoms with Crippen molar-refractivity contribution in [2.75, 3.05) is 6.54 Å². The van der Waals surface area contributed by atoms with E-state index in [1.807, 2.05) is 0 Å². The van der Waals surface area contributed by atoms with E-state index in [1.54, 1.807) is 23.5 Å². The molecule has 0 saturated carbocycles. The van der Waals surface area contributed by atoms with E-state index < -0.39 is 23.1 Å². The van der Waals surface area contributed by atoms with E-state index in [0.29, 0.717) is 32.2 Å². The summed E-state index contributed by atoms with van der Waals surface area (Å²) in [6.07, 6.45) is 7.39. The predicted octanol–water partition coefficient (Wildman–Crippen LogP) is 2.21. The Hall–Kier alpha value is -2.41. The summed E-state index contributed by atoms with van der Waals surface area (Å²) in [5.41, 5.74) is 5.60. The van der Waals surface area contributed by atoms with Crippen LogP contribution in [0, 0.1) is 11.6 Å². The molecular formula is C18H20F2N4O. The van der Waals surface area contributed by atoms with Crippen molar-refractivity contribution in [3.05, 3.63) is 59.7 Å². The first kappa shape index (κ1) is 17.4. The number of primary amides is 1. The summed E-state index contributed by atoms with van der Waals surface area (Å²) >= 11 is 0. The lowest BCUT2D eigenvalue weighted by atomic mass is 9.78. The Bertz CT molecular complexity index is 736. The Morgan fingerprint density at radius 1 is 1.28 bits per heavy atom. The van der Waals surface area contributed by atoms with Crippen LogP contribution in [0.15, 0.2) is 36.8 Å². The van der Waals surface area contributed by atoms with Crippen molar-refractivity contribution in [2.45, 2.75) is 37.8 Å². The van der Waals surface area contributed by atoms with Crippen LogP contribution in [0.4, 0.5) is 8.78 Å². The first-order valence-electron chi connectivity index (χ1n) is 8.26. The minimum atomic E-state index is -0.850. The van der Waals surface area contributed by atoms with Gasteiger partial charge in [-0.2, -0.15) is 0 Å². The number of hydrogen-bond donors (Lipinski definition) is 1. The molecule has 25 heavy (non-hydrogen) atoms. The number of carbonyl (C=O) groups excluding carboxylic acids is 1. The van der Waals surface area contributed by atoms with Crippen LogP contribution in [0.3, 0.4) is 0 Å². The fourth-order valence-electron chi connectivity index (χ4n) is 3.35. The van der Waals surface area contributed by atoms with Crippen LogP contribution in [0.5, 0.6) is 0 Å². The van der Waals surface area contributed by atoms with Crippen LogP contribution in [0.1, 0.15) is 30.5 Å². The van der Waals surface area contributed by atoms with E-state index in [4.69, 9.17) is 5.73 Å². The van der Waals surface area contributed by atoms with Gasteiger partial charge in [-0.15, -0.1) is 0 Å². The summed E-state index contributed by atoms with van der Waals surface area (Å²) in [6.45, 7) is 0.619. The normalized spacial score (nSPS) is 20.2. The zero-order valence-electron chi connectivity index (χ0n) is 13.8. The molecule has 7 heteroatoms. The van der Waals surface area contributed by atoms with Crippen molar-refractivity contribution in [1.29, 1.82) is 0 Å². The third kappa shape index (κ3) is 3.51. The first-order valence-corrected chi connectivity index (χ1v) is 8.26. The molecule has 3 rings (SSSR count). The van der Waals surface area contributed by atoms with Gasteiger partial charge in [0.2, 0.25) is 5.91 Å². The Kier molecular flexibility index (Phi) is 5.03. The number of halogens is 2. The second-order valence-electron chi connectivity index (χ2n) is 6.32. The Morgan fingerprint density at radius 2 is 2.04 bits per heavy atom. The molecule has 2 N–H and O–H groups in total. The number of amides is 1. The Labute approximate surface area is 144 Å². The van der Waals surface area contributed by atoms with E-state index in [1.165, 1.54) is 18.2 Å². The van der Waals surface area contributed by atoms with E-state index in [9.17, 15) is 13.6 Å². The van der Waals surface area contributed by atoms with Crippen LogP contribution in [0.2, 0.25) is 0 Å². The highest BCUT2D eigenvalue weighted by Crippen LogP contribution is 2.37. The van der Waals surface area contributed by atoms with Crippen molar-refractivity contribution in [3.63, 3.8) is 0 Å². The summed E-state index contributed by atoms with van der Waals surface area (Å²) < 4.78 is 27.8. The van der Waals surface area contributed by atoms with Crippen LogP contribution in [0.25, 0.3) is 0 Å². The molecule has 1 aromatic heterocycles. The number of rotatable bonds is 7. The van der Waals surface area contributed by atoms with Crippen molar-refractivity contribution in [1.82, 2.24) is 14.9 Å². The van der Waals surface area contributed by atoms with Gasteiger partial charge in [0.25, 0.3) is 0 Å². The van der Waals surface area contributed by atoms with Gasteiger partial charge in [-0.25, -0.2) is 8.78 Å². The maximum atomic E-state index is 13.9. The number of carbonyl (C=O) groups is 1. The third-order valence-electron chi connectivity index (χ3n) is 4.91. The van der Waals surface area contributed by atoms with E-state index >= 15 is 0 Å². The van der Waals surface area contributed by atoms with Crippen molar-refractivity contribution >= 4 is 5.91 Å². The van der Waals surface area contributed by atoms with Crippen LogP contribution in [-0.4, -0.2) is 32.9 Å². The lowest BCUT2D eigenvalue weighted by Crippen LogP contribution is -2.66. The van der Waals surface area contributed by atoms with Gasteiger partial charge in [0.1, 0.15) is 17.2 Å². The van der Waals surface area contributed by atoms with Crippen molar-refractivity contribution < 1.29 is 13.6 Å². The quantitative estimate of drug-likeness (QED) is 0.834. The number of hydrogen-bond acceptors (Lipinski definition) is 4. The highest BCUT2D eigenvalue weighted by atomic mass is 19.1. The molecule has 132 valence electrons. The number of aromatic nitrogens is 2. The summed E-state index contributed by atoms with van der Waals surface area (Å²) in [5.74, 6) is -1.66. The molecule has 0 bridgehead atoms. The lowest BCUT2D eigenvalue weighted by Gasteiger charge is -2.51. The fourth-order valence-corrected chi connectivity index (χ4v) is 3.35. The van der Waals surface area contributed by atoms with Gasteiger partial charge in [0.15, 0.2) is 0 Å². The molecule has 1 aliphatic rings. The van der Waals surface area contributed by atoms with Crippen LogP contribution < -0.4 is 5.73 Å². The molecule has 1 saturated heterocycles. The molecule has 1 fully saturated rings. The molecule has 0 aliphatic carbocycles. The van der Waals surface area contributed by atoms with E-state index in [0.717, 1.165) is 5.69 Å². The molecule has 1 aliphatic heterocycles. The minimum absolute atomic E-state index is 0.0262. The van der Waals surface area contributed by atoms with E-state index in [2.05, 4.69) is 9.97 Å². The largest absolute Gasteiger partial charge is 0.368 e. The standard InChI is InChI=1S/C18H20F2N4O/c19-15-4-1-5-16(20)14(15)12-24-10-7-18(24,17(21)25)6-2-3-13-11-22-8-9-23-13/h1,4-5,8-9,11H,2-3,6-7,10,12H2,(H2,21,25). The summed E-state index contributed by atoms with van der Waals surface area (Å²) in [4.78, 5) is 22.1. The molecule has 0 radical (unpaired) electrons. The van der Waals surface area contributed by atoms with Crippen LogP contribution in [-0.2, 0) is 17.8 Å². The molecule has 5 nitrogen and oxygen atoms in total. The minimum Gasteiger partial charge on any atom is -0.368 e. The summed E-state index contributed by atoms with van der Waals surface area (Å²) in [5, 5.41) is 0. The predicted molar refractivity (Wildman–Crippen MR) is 88.3 cm³/mol. The molecule has 0 spiro atoms. The molecule has 2 heterocycles. The second kappa shape index (κ2) is 7.23. The fraction of sp³-hybridized carbons (Fsp3) is 0.389. The molecule has 1 amide bonds. The van der Waals surface area contributed by atoms with Gasteiger partial charge in [-0.3, -0.25) is 19.7 Å². The van der Waals surface area contributed by atoms with Gasteiger partial charge >= 0.3 is 0 Å². The molecule has 1 aromatic carbocycles. The highest BCUT2D eigenvalue weighted by Gasteiger charge is 2.49. The maximum Gasteiger partial charge on any atom is 0.238 e. The zero-order valence-corrected chi connectivity index (χ0v) is 13.8. The molecule has 2 aromatic rings. The lowest BCUT2D eigenvalue weighted by molar-refractivity contribution is -0.141. The van der Waals surface area contributed by atoms with Gasteiger partial charge in [0.05, 0.1) is 5.69 Å². The molecule has 1 atom stereocenters. The number of nitrogens with zero attached hydrogens (tertiary/aromatic N) is 3. The molecular weight excluding hydrogens is 326 g/mol.